The number of hydrogen-bond acceptors (Lipinski definition) is 2. The number of aromatic nitrogens is 1. The zero-order valence-corrected chi connectivity index (χ0v) is 10.3. The van der Waals surface area contributed by atoms with Crippen molar-refractivity contribution in [2.75, 3.05) is 6.61 Å². The maximum atomic E-state index is 5.93. The van der Waals surface area contributed by atoms with E-state index in [4.69, 9.17) is 27.9 Å². The predicted octanol–water partition coefficient (Wildman–Crippen LogP) is 3.81. The van der Waals surface area contributed by atoms with Gasteiger partial charge in [0.05, 0.1) is 12.8 Å². The van der Waals surface area contributed by atoms with E-state index in [1.165, 1.54) is 12.6 Å². The molecule has 1 aliphatic carbocycles. The lowest BCUT2D eigenvalue weighted by Gasteiger charge is -2.08. The summed E-state index contributed by atoms with van der Waals surface area (Å²) in [6.07, 6.45) is 2.72. The summed E-state index contributed by atoms with van der Waals surface area (Å²) in [6.45, 7) is 5.18. The molecule has 2 rings (SSSR count). The van der Waals surface area contributed by atoms with Crippen molar-refractivity contribution in [1.29, 1.82) is 0 Å². The lowest BCUT2D eigenvalue weighted by molar-refractivity contribution is 0.279. The minimum atomic E-state index is 0.407. The Morgan fingerprint density at radius 1 is 1.53 bits per heavy atom. The molecule has 82 valence electrons. The Morgan fingerprint density at radius 3 is 2.80 bits per heavy atom. The fourth-order valence-electron chi connectivity index (χ4n) is 1.56. The zero-order valence-electron chi connectivity index (χ0n) is 8.76. The first kappa shape index (κ1) is 11.0. The molecule has 1 atom stereocenters. The number of halogens is 2. The van der Waals surface area contributed by atoms with Gasteiger partial charge in [-0.1, -0.05) is 37.0 Å². The van der Waals surface area contributed by atoms with Crippen LogP contribution in [0.5, 0.6) is 5.75 Å². The molecule has 0 aliphatic heterocycles. The van der Waals surface area contributed by atoms with Crippen molar-refractivity contribution in [2.24, 2.45) is 11.3 Å². The van der Waals surface area contributed by atoms with Crippen LogP contribution in [0.15, 0.2) is 12.3 Å². The molecule has 1 heterocycles. The molecule has 1 aromatic heterocycles. The molecular weight excluding hydrogens is 233 g/mol. The Hall–Kier alpha value is -0.470. The minimum absolute atomic E-state index is 0.407. The van der Waals surface area contributed by atoms with Gasteiger partial charge in [0.2, 0.25) is 0 Å². The highest BCUT2D eigenvalue weighted by Gasteiger charge is 2.45. The van der Waals surface area contributed by atoms with E-state index < -0.39 is 0 Å². The Kier molecular flexibility index (Phi) is 2.82. The third kappa shape index (κ3) is 2.56. The van der Waals surface area contributed by atoms with Crippen LogP contribution in [0.25, 0.3) is 0 Å². The number of nitrogens with zero attached hydrogens (tertiary/aromatic N) is 1. The van der Waals surface area contributed by atoms with Crippen LogP contribution in [-0.2, 0) is 0 Å². The Labute approximate surface area is 99.6 Å². The Morgan fingerprint density at radius 2 is 2.20 bits per heavy atom. The van der Waals surface area contributed by atoms with Crippen LogP contribution in [0.3, 0.4) is 0 Å². The SMILES string of the molecule is CC1(C)C[C@@H]1COc1cc(Cl)ncc1Cl. The largest absolute Gasteiger partial charge is 0.492 e. The molecule has 1 aliphatic rings. The average Bonchev–Trinajstić information content (AvgIpc) is 2.76. The summed E-state index contributed by atoms with van der Waals surface area (Å²) in [5, 5.41) is 0.919. The first-order chi connectivity index (χ1) is 6.99. The summed E-state index contributed by atoms with van der Waals surface area (Å²) in [5.74, 6) is 1.25. The van der Waals surface area contributed by atoms with E-state index in [2.05, 4.69) is 18.8 Å². The molecule has 1 aromatic rings. The van der Waals surface area contributed by atoms with Gasteiger partial charge in [-0.2, -0.15) is 0 Å². The first-order valence-corrected chi connectivity index (χ1v) is 5.68. The van der Waals surface area contributed by atoms with Crippen LogP contribution in [0, 0.1) is 11.3 Å². The van der Waals surface area contributed by atoms with E-state index in [9.17, 15) is 0 Å². The molecular formula is C11H13Cl2NO. The van der Waals surface area contributed by atoms with Crippen LogP contribution < -0.4 is 4.74 Å². The number of rotatable bonds is 3. The molecule has 0 saturated heterocycles. The van der Waals surface area contributed by atoms with Gasteiger partial charge < -0.3 is 4.74 Å². The molecule has 1 saturated carbocycles. The summed E-state index contributed by atoms with van der Waals surface area (Å²) >= 11 is 11.7. The van der Waals surface area contributed by atoms with Crippen molar-refractivity contribution < 1.29 is 4.74 Å². The third-order valence-electron chi connectivity index (χ3n) is 2.94. The van der Waals surface area contributed by atoms with Gasteiger partial charge >= 0.3 is 0 Å². The monoisotopic (exact) mass is 245 g/mol. The van der Waals surface area contributed by atoms with Crippen LogP contribution in [0.1, 0.15) is 20.3 Å². The van der Waals surface area contributed by atoms with Crippen LogP contribution in [-0.4, -0.2) is 11.6 Å². The smallest absolute Gasteiger partial charge is 0.142 e. The molecule has 0 spiro atoms. The molecule has 0 radical (unpaired) electrons. The second kappa shape index (κ2) is 3.84. The van der Waals surface area contributed by atoms with E-state index in [0.29, 0.717) is 33.9 Å². The molecule has 1 fully saturated rings. The molecule has 0 bridgehead atoms. The molecule has 0 aromatic carbocycles. The molecule has 0 amide bonds. The predicted molar refractivity (Wildman–Crippen MR) is 61.6 cm³/mol. The number of ether oxygens (including phenoxy) is 1. The summed E-state index contributed by atoms with van der Waals surface area (Å²) in [6, 6.07) is 1.65. The van der Waals surface area contributed by atoms with Crippen LogP contribution in [0.2, 0.25) is 10.2 Å². The fourth-order valence-corrected chi connectivity index (χ4v) is 1.86. The second-order valence-corrected chi connectivity index (χ2v) is 5.43. The standard InChI is InChI=1S/C11H13Cl2NO/c1-11(2)4-7(11)6-15-9-3-10(13)14-5-8(9)12/h3,5,7H,4,6H2,1-2H3/t7-/m1/s1. The Bertz CT molecular complexity index is 379. The minimum Gasteiger partial charge on any atom is -0.492 e. The van der Waals surface area contributed by atoms with Gasteiger partial charge in [-0.15, -0.1) is 0 Å². The number of pyridine rings is 1. The van der Waals surface area contributed by atoms with Crippen molar-refractivity contribution in [1.82, 2.24) is 4.98 Å². The maximum Gasteiger partial charge on any atom is 0.142 e. The summed E-state index contributed by atoms with van der Waals surface area (Å²) in [7, 11) is 0. The van der Waals surface area contributed by atoms with Gasteiger partial charge in [0, 0.05) is 6.07 Å². The van der Waals surface area contributed by atoms with Gasteiger partial charge in [0.15, 0.2) is 0 Å². The van der Waals surface area contributed by atoms with Gasteiger partial charge in [-0.05, 0) is 17.8 Å². The lowest BCUT2D eigenvalue weighted by atomic mass is 10.1. The van der Waals surface area contributed by atoms with Gasteiger partial charge in [0.25, 0.3) is 0 Å². The highest BCUT2D eigenvalue weighted by atomic mass is 35.5. The fraction of sp³-hybridized carbons (Fsp3) is 0.545. The quantitative estimate of drug-likeness (QED) is 0.756. The van der Waals surface area contributed by atoms with E-state index in [-0.39, 0.29) is 0 Å². The molecule has 0 N–H and O–H groups in total. The summed E-state index contributed by atoms with van der Waals surface area (Å²) < 4.78 is 5.62. The molecule has 0 unspecified atom stereocenters. The van der Waals surface area contributed by atoms with Crippen molar-refractivity contribution in [3.8, 4) is 5.75 Å². The Balaban J connectivity index is 1.96. The highest BCUT2D eigenvalue weighted by Crippen LogP contribution is 2.51. The normalized spacial score (nSPS) is 22.5. The van der Waals surface area contributed by atoms with E-state index in [1.54, 1.807) is 6.07 Å². The third-order valence-corrected chi connectivity index (χ3v) is 3.43. The lowest BCUT2D eigenvalue weighted by Crippen LogP contribution is -2.04. The highest BCUT2D eigenvalue weighted by molar-refractivity contribution is 6.33. The molecule has 15 heavy (non-hydrogen) atoms. The van der Waals surface area contributed by atoms with Crippen LogP contribution >= 0.6 is 23.2 Å². The molecule has 2 nitrogen and oxygen atoms in total. The van der Waals surface area contributed by atoms with E-state index in [1.807, 2.05) is 0 Å². The van der Waals surface area contributed by atoms with Crippen molar-refractivity contribution >= 4 is 23.2 Å². The topological polar surface area (TPSA) is 22.1 Å². The van der Waals surface area contributed by atoms with E-state index in [0.717, 1.165) is 0 Å². The first-order valence-electron chi connectivity index (χ1n) is 4.93. The van der Waals surface area contributed by atoms with Gasteiger partial charge in [-0.25, -0.2) is 4.98 Å². The average molecular weight is 246 g/mol. The zero-order chi connectivity index (χ0) is 11.1. The van der Waals surface area contributed by atoms with E-state index >= 15 is 0 Å². The van der Waals surface area contributed by atoms with Crippen molar-refractivity contribution in [3.05, 3.63) is 22.4 Å². The molecule has 4 heteroatoms. The number of hydrogen-bond donors (Lipinski definition) is 0. The van der Waals surface area contributed by atoms with Crippen molar-refractivity contribution in [2.45, 2.75) is 20.3 Å². The van der Waals surface area contributed by atoms with Gasteiger partial charge in [0.1, 0.15) is 15.9 Å². The summed E-state index contributed by atoms with van der Waals surface area (Å²) in [4.78, 5) is 3.86. The summed E-state index contributed by atoms with van der Waals surface area (Å²) in [5.41, 5.74) is 0.420. The van der Waals surface area contributed by atoms with Crippen molar-refractivity contribution in [3.63, 3.8) is 0 Å². The van der Waals surface area contributed by atoms with Crippen LogP contribution in [0.4, 0.5) is 0 Å². The second-order valence-electron chi connectivity index (χ2n) is 4.64. The maximum absolute atomic E-state index is 5.93. The van der Waals surface area contributed by atoms with Gasteiger partial charge in [-0.3, -0.25) is 0 Å².